The molecule has 0 saturated heterocycles. The lowest BCUT2D eigenvalue weighted by atomic mass is 10.2. The first-order valence-electron chi connectivity index (χ1n) is 5.10. The molecule has 1 atom stereocenters. The van der Waals surface area contributed by atoms with E-state index >= 15 is 0 Å². The molecule has 3 nitrogen and oxygen atoms in total. The number of carbonyl (C=O) groups is 1. The van der Waals surface area contributed by atoms with Gasteiger partial charge >= 0.3 is 5.97 Å². The van der Waals surface area contributed by atoms with E-state index in [0.717, 1.165) is 25.7 Å². The summed E-state index contributed by atoms with van der Waals surface area (Å²) in [4.78, 5) is 11.1. The van der Waals surface area contributed by atoms with Crippen LogP contribution < -0.4 is 5.73 Å². The number of carbonyl (C=O) groups excluding carboxylic acids is 1. The van der Waals surface area contributed by atoms with Gasteiger partial charge in [0.1, 0.15) is 0 Å². The van der Waals surface area contributed by atoms with Crippen LogP contribution in [0.1, 0.15) is 46.0 Å². The Kier molecular flexibility index (Phi) is 7.69. The van der Waals surface area contributed by atoms with Gasteiger partial charge in [-0.05, 0) is 32.7 Å². The lowest BCUT2D eigenvalue weighted by Crippen LogP contribution is -2.14. The van der Waals surface area contributed by atoms with Crippen molar-refractivity contribution in [2.24, 2.45) is 5.73 Å². The molecule has 0 radical (unpaired) electrons. The lowest BCUT2D eigenvalue weighted by molar-refractivity contribution is -0.148. The molecule has 0 fully saturated rings. The molecule has 0 aromatic carbocycles. The average molecular weight is 187 g/mol. The Bertz CT molecular complexity index is 137. The second-order valence-corrected chi connectivity index (χ2v) is 3.33. The Morgan fingerprint density at radius 3 is 2.69 bits per heavy atom. The van der Waals surface area contributed by atoms with Crippen LogP contribution in [0.5, 0.6) is 0 Å². The van der Waals surface area contributed by atoms with Crippen LogP contribution in [-0.2, 0) is 9.53 Å². The van der Waals surface area contributed by atoms with Gasteiger partial charge < -0.3 is 10.5 Å². The van der Waals surface area contributed by atoms with Crippen molar-refractivity contribution in [1.29, 1.82) is 0 Å². The molecule has 0 spiro atoms. The molecular weight excluding hydrogens is 166 g/mol. The van der Waals surface area contributed by atoms with Gasteiger partial charge in [0.2, 0.25) is 0 Å². The van der Waals surface area contributed by atoms with Gasteiger partial charge in [-0.15, -0.1) is 0 Å². The highest BCUT2D eigenvalue weighted by atomic mass is 16.5. The zero-order chi connectivity index (χ0) is 10.1. The Labute approximate surface area is 80.6 Å². The Hall–Kier alpha value is -0.570. The van der Waals surface area contributed by atoms with Gasteiger partial charge in [-0.3, -0.25) is 4.79 Å². The van der Waals surface area contributed by atoms with Crippen LogP contribution in [0.4, 0.5) is 0 Å². The number of unbranched alkanes of at least 4 members (excludes halogenated alkanes) is 1. The third kappa shape index (κ3) is 7.78. The topological polar surface area (TPSA) is 52.3 Å². The van der Waals surface area contributed by atoms with Crippen LogP contribution in [-0.4, -0.2) is 18.6 Å². The second-order valence-electron chi connectivity index (χ2n) is 3.33. The van der Waals surface area contributed by atoms with Crippen LogP contribution in [0.2, 0.25) is 0 Å². The van der Waals surface area contributed by atoms with E-state index in [1.807, 2.05) is 6.92 Å². The van der Waals surface area contributed by atoms with Gasteiger partial charge in [0.25, 0.3) is 0 Å². The van der Waals surface area contributed by atoms with Gasteiger partial charge in [-0.1, -0.05) is 13.3 Å². The molecule has 0 aliphatic carbocycles. The van der Waals surface area contributed by atoms with Gasteiger partial charge in [-0.25, -0.2) is 0 Å². The first-order chi connectivity index (χ1) is 6.20. The van der Waals surface area contributed by atoms with E-state index < -0.39 is 0 Å². The van der Waals surface area contributed by atoms with Crippen molar-refractivity contribution in [3.05, 3.63) is 0 Å². The largest absolute Gasteiger partial charge is 0.463 e. The Morgan fingerprint density at radius 1 is 1.46 bits per heavy atom. The molecule has 1 unspecified atom stereocenters. The van der Waals surface area contributed by atoms with Crippen molar-refractivity contribution in [2.75, 3.05) is 6.54 Å². The number of hydrogen-bond donors (Lipinski definition) is 1. The van der Waals surface area contributed by atoms with Crippen LogP contribution in [0, 0.1) is 0 Å². The maximum absolute atomic E-state index is 11.1. The first kappa shape index (κ1) is 12.4. The van der Waals surface area contributed by atoms with Crippen molar-refractivity contribution in [3.63, 3.8) is 0 Å². The third-order valence-corrected chi connectivity index (χ3v) is 1.86. The maximum Gasteiger partial charge on any atom is 0.306 e. The van der Waals surface area contributed by atoms with Gasteiger partial charge in [0.05, 0.1) is 6.10 Å². The minimum absolute atomic E-state index is 0.0652. The SMILES string of the molecule is CCCC(C)OC(=O)CCCCN. The summed E-state index contributed by atoms with van der Waals surface area (Å²) >= 11 is 0. The van der Waals surface area contributed by atoms with Gasteiger partial charge in [0, 0.05) is 6.42 Å². The standard InChI is InChI=1S/C10H21NO2/c1-3-6-9(2)13-10(12)7-4-5-8-11/h9H,3-8,11H2,1-2H3. The number of esters is 1. The predicted octanol–water partition coefficient (Wildman–Crippen LogP) is 1.85. The normalized spacial score (nSPS) is 12.5. The molecule has 0 aliphatic rings. The molecule has 0 heterocycles. The van der Waals surface area contributed by atoms with Crippen LogP contribution >= 0.6 is 0 Å². The smallest absolute Gasteiger partial charge is 0.306 e. The fraction of sp³-hybridized carbons (Fsp3) is 0.900. The molecule has 0 aliphatic heterocycles. The molecule has 0 saturated carbocycles. The minimum Gasteiger partial charge on any atom is -0.463 e. The highest BCUT2D eigenvalue weighted by Crippen LogP contribution is 2.04. The number of rotatable bonds is 7. The highest BCUT2D eigenvalue weighted by Gasteiger charge is 2.07. The van der Waals surface area contributed by atoms with Crippen LogP contribution in [0.3, 0.4) is 0 Å². The van der Waals surface area contributed by atoms with Crippen molar-refractivity contribution >= 4 is 5.97 Å². The van der Waals surface area contributed by atoms with E-state index in [9.17, 15) is 4.79 Å². The first-order valence-corrected chi connectivity index (χ1v) is 5.10. The van der Waals surface area contributed by atoms with Crippen LogP contribution in [0.25, 0.3) is 0 Å². The molecule has 0 aromatic rings. The van der Waals surface area contributed by atoms with Crippen molar-refractivity contribution in [3.8, 4) is 0 Å². The van der Waals surface area contributed by atoms with Crippen LogP contribution in [0.15, 0.2) is 0 Å². The van der Waals surface area contributed by atoms with E-state index in [-0.39, 0.29) is 12.1 Å². The average Bonchev–Trinajstić information content (AvgIpc) is 2.05. The van der Waals surface area contributed by atoms with Gasteiger partial charge in [-0.2, -0.15) is 0 Å². The number of hydrogen-bond acceptors (Lipinski definition) is 3. The van der Waals surface area contributed by atoms with Gasteiger partial charge in [0.15, 0.2) is 0 Å². The molecule has 0 bridgehead atoms. The summed E-state index contributed by atoms with van der Waals surface area (Å²) in [6.45, 7) is 4.67. The Balaban J connectivity index is 3.38. The molecular formula is C10H21NO2. The predicted molar refractivity (Wildman–Crippen MR) is 53.4 cm³/mol. The molecule has 0 aromatic heterocycles. The number of ether oxygens (including phenoxy) is 1. The minimum atomic E-state index is -0.0885. The molecule has 0 amide bonds. The number of nitrogens with two attached hydrogens (primary N) is 1. The molecule has 78 valence electrons. The van der Waals surface area contributed by atoms with Crippen molar-refractivity contribution < 1.29 is 9.53 Å². The summed E-state index contributed by atoms with van der Waals surface area (Å²) < 4.78 is 5.16. The van der Waals surface area contributed by atoms with E-state index in [1.54, 1.807) is 0 Å². The lowest BCUT2D eigenvalue weighted by Gasteiger charge is -2.11. The van der Waals surface area contributed by atoms with E-state index in [2.05, 4.69) is 6.92 Å². The summed E-state index contributed by atoms with van der Waals surface area (Å²) in [6, 6.07) is 0. The molecule has 3 heteroatoms. The quantitative estimate of drug-likeness (QED) is 0.489. The van der Waals surface area contributed by atoms with E-state index in [0.29, 0.717) is 13.0 Å². The zero-order valence-corrected chi connectivity index (χ0v) is 8.71. The van der Waals surface area contributed by atoms with Crippen molar-refractivity contribution in [2.45, 2.75) is 52.1 Å². The maximum atomic E-state index is 11.1. The fourth-order valence-electron chi connectivity index (χ4n) is 1.16. The van der Waals surface area contributed by atoms with E-state index in [4.69, 9.17) is 10.5 Å². The highest BCUT2D eigenvalue weighted by molar-refractivity contribution is 5.69. The summed E-state index contributed by atoms with van der Waals surface area (Å²) in [5.41, 5.74) is 5.31. The Morgan fingerprint density at radius 2 is 2.15 bits per heavy atom. The zero-order valence-electron chi connectivity index (χ0n) is 8.71. The monoisotopic (exact) mass is 187 g/mol. The van der Waals surface area contributed by atoms with E-state index in [1.165, 1.54) is 0 Å². The summed E-state index contributed by atoms with van der Waals surface area (Å²) in [6.07, 6.45) is 4.31. The fourth-order valence-corrected chi connectivity index (χ4v) is 1.16. The third-order valence-electron chi connectivity index (χ3n) is 1.86. The summed E-state index contributed by atoms with van der Waals surface area (Å²) in [5.74, 6) is -0.0885. The summed E-state index contributed by atoms with van der Waals surface area (Å²) in [5, 5.41) is 0. The molecule has 13 heavy (non-hydrogen) atoms. The molecule has 0 rings (SSSR count). The molecule has 2 N–H and O–H groups in total. The second kappa shape index (κ2) is 8.05. The van der Waals surface area contributed by atoms with Crippen molar-refractivity contribution in [1.82, 2.24) is 0 Å². The summed E-state index contributed by atoms with van der Waals surface area (Å²) in [7, 11) is 0.